The van der Waals surface area contributed by atoms with Crippen LogP contribution in [-0.4, -0.2) is 48.6 Å². The van der Waals surface area contributed by atoms with Crippen molar-refractivity contribution >= 4 is 0 Å². The number of hydrogen-bond acceptors (Lipinski definition) is 3. The molecule has 0 bridgehead atoms. The van der Waals surface area contributed by atoms with Crippen LogP contribution in [0.5, 0.6) is 0 Å². The predicted octanol–water partition coefficient (Wildman–Crippen LogP) is 2.47. The first-order chi connectivity index (χ1) is 10.1. The third-order valence-corrected chi connectivity index (χ3v) is 4.90. The lowest BCUT2D eigenvalue weighted by Crippen LogP contribution is -2.47. The predicted molar refractivity (Wildman–Crippen MR) is 88.5 cm³/mol. The fourth-order valence-corrected chi connectivity index (χ4v) is 3.50. The molecule has 116 valence electrons. The van der Waals surface area contributed by atoms with Crippen molar-refractivity contribution in [3.8, 4) is 0 Å². The van der Waals surface area contributed by atoms with E-state index >= 15 is 0 Å². The van der Waals surface area contributed by atoms with Crippen LogP contribution in [0.1, 0.15) is 42.0 Å². The Kier molecular flexibility index (Phi) is 4.63. The van der Waals surface area contributed by atoms with Crippen molar-refractivity contribution in [2.75, 3.05) is 32.7 Å². The molecule has 1 atom stereocenters. The molecule has 2 aliphatic rings. The van der Waals surface area contributed by atoms with Gasteiger partial charge in [-0.25, -0.2) is 0 Å². The second-order valence-corrected chi connectivity index (χ2v) is 6.92. The van der Waals surface area contributed by atoms with Crippen molar-refractivity contribution in [1.29, 1.82) is 0 Å². The summed E-state index contributed by atoms with van der Waals surface area (Å²) in [6.45, 7) is 10.4. The van der Waals surface area contributed by atoms with Gasteiger partial charge in [0.1, 0.15) is 0 Å². The molecule has 0 spiro atoms. The highest BCUT2D eigenvalue weighted by Crippen LogP contribution is 2.27. The van der Waals surface area contributed by atoms with Crippen LogP contribution in [0.25, 0.3) is 0 Å². The molecule has 1 aromatic carbocycles. The Morgan fingerprint density at radius 1 is 1.05 bits per heavy atom. The van der Waals surface area contributed by atoms with E-state index in [0.29, 0.717) is 0 Å². The van der Waals surface area contributed by atoms with E-state index < -0.39 is 0 Å². The van der Waals surface area contributed by atoms with Gasteiger partial charge in [0.25, 0.3) is 0 Å². The van der Waals surface area contributed by atoms with Crippen molar-refractivity contribution in [2.24, 2.45) is 5.73 Å². The van der Waals surface area contributed by atoms with Crippen LogP contribution >= 0.6 is 0 Å². The molecule has 3 rings (SSSR count). The lowest BCUT2D eigenvalue weighted by molar-refractivity contribution is 0.124. The number of aryl methyl sites for hydroxylation is 2. The molecule has 1 heterocycles. The summed E-state index contributed by atoms with van der Waals surface area (Å²) in [4.78, 5) is 5.25. The molecule has 2 fully saturated rings. The molecule has 3 nitrogen and oxygen atoms in total. The van der Waals surface area contributed by atoms with Crippen LogP contribution in [0.3, 0.4) is 0 Å². The topological polar surface area (TPSA) is 32.5 Å². The highest BCUT2D eigenvalue weighted by atomic mass is 15.3. The van der Waals surface area contributed by atoms with Crippen LogP contribution in [0.4, 0.5) is 0 Å². The first-order valence-electron chi connectivity index (χ1n) is 8.42. The van der Waals surface area contributed by atoms with E-state index in [4.69, 9.17) is 5.73 Å². The number of hydrogen-bond donors (Lipinski definition) is 1. The van der Waals surface area contributed by atoms with Crippen LogP contribution in [0.2, 0.25) is 0 Å². The van der Waals surface area contributed by atoms with E-state index in [2.05, 4.69) is 41.8 Å². The van der Waals surface area contributed by atoms with E-state index in [9.17, 15) is 0 Å². The summed E-state index contributed by atoms with van der Waals surface area (Å²) in [6.07, 6.45) is 3.92. The van der Waals surface area contributed by atoms with Crippen LogP contribution in [-0.2, 0) is 0 Å². The number of nitrogens with zero attached hydrogens (tertiary/aromatic N) is 2. The Morgan fingerprint density at radius 2 is 1.67 bits per heavy atom. The van der Waals surface area contributed by atoms with Crippen molar-refractivity contribution in [3.05, 3.63) is 34.9 Å². The lowest BCUT2D eigenvalue weighted by atomic mass is 9.99. The zero-order valence-corrected chi connectivity index (χ0v) is 13.5. The minimum absolute atomic E-state index is 0.171. The van der Waals surface area contributed by atoms with E-state index in [1.165, 1.54) is 55.7 Å². The molecule has 21 heavy (non-hydrogen) atoms. The Balaban J connectivity index is 1.46. The van der Waals surface area contributed by atoms with E-state index in [1.54, 1.807) is 0 Å². The van der Waals surface area contributed by atoms with Crippen molar-refractivity contribution < 1.29 is 0 Å². The van der Waals surface area contributed by atoms with E-state index in [0.717, 1.165) is 19.0 Å². The van der Waals surface area contributed by atoms with Gasteiger partial charge in [-0.05, 0) is 38.7 Å². The molecule has 1 aliphatic heterocycles. The molecule has 0 aromatic heterocycles. The molecule has 3 heteroatoms. The maximum absolute atomic E-state index is 6.40. The van der Waals surface area contributed by atoms with Gasteiger partial charge >= 0.3 is 0 Å². The first kappa shape index (κ1) is 15.0. The summed E-state index contributed by atoms with van der Waals surface area (Å²) in [7, 11) is 0. The molecule has 2 N–H and O–H groups in total. The molecule has 1 aromatic rings. The van der Waals surface area contributed by atoms with Crippen LogP contribution in [0, 0.1) is 13.8 Å². The average molecular weight is 287 g/mol. The third-order valence-electron chi connectivity index (χ3n) is 4.90. The van der Waals surface area contributed by atoms with Crippen molar-refractivity contribution in [2.45, 2.75) is 45.2 Å². The SMILES string of the molecule is Cc1cc(C)cc(C(N)CCN2CCN(C3CC3)CC2)c1. The fourth-order valence-electron chi connectivity index (χ4n) is 3.50. The quantitative estimate of drug-likeness (QED) is 0.903. The number of benzene rings is 1. The minimum Gasteiger partial charge on any atom is -0.324 e. The van der Waals surface area contributed by atoms with E-state index in [-0.39, 0.29) is 6.04 Å². The Bertz CT molecular complexity index is 453. The lowest BCUT2D eigenvalue weighted by Gasteiger charge is -2.35. The normalized spacial score (nSPS) is 22.4. The summed E-state index contributed by atoms with van der Waals surface area (Å²) in [5, 5.41) is 0. The highest BCUT2D eigenvalue weighted by Gasteiger charge is 2.31. The monoisotopic (exact) mass is 287 g/mol. The van der Waals surface area contributed by atoms with Crippen molar-refractivity contribution in [3.63, 3.8) is 0 Å². The summed E-state index contributed by atoms with van der Waals surface area (Å²) >= 11 is 0. The molecule has 0 amide bonds. The fraction of sp³-hybridized carbons (Fsp3) is 0.667. The summed E-state index contributed by atoms with van der Waals surface area (Å²) in [5.74, 6) is 0. The molecule has 1 unspecified atom stereocenters. The number of rotatable bonds is 5. The van der Waals surface area contributed by atoms with Crippen molar-refractivity contribution in [1.82, 2.24) is 9.80 Å². The molecule has 1 saturated heterocycles. The van der Waals surface area contributed by atoms with Gasteiger partial charge in [0.05, 0.1) is 0 Å². The van der Waals surface area contributed by atoms with Gasteiger partial charge in [0, 0.05) is 44.8 Å². The zero-order valence-electron chi connectivity index (χ0n) is 13.5. The maximum atomic E-state index is 6.40. The third kappa shape index (κ3) is 4.06. The number of piperazine rings is 1. The van der Waals surface area contributed by atoms with Gasteiger partial charge < -0.3 is 10.6 Å². The van der Waals surface area contributed by atoms with E-state index in [1.807, 2.05) is 0 Å². The Hall–Kier alpha value is -0.900. The van der Waals surface area contributed by atoms with Crippen LogP contribution in [0.15, 0.2) is 18.2 Å². The minimum atomic E-state index is 0.171. The van der Waals surface area contributed by atoms with Gasteiger partial charge in [-0.2, -0.15) is 0 Å². The molecule has 1 aliphatic carbocycles. The summed E-state index contributed by atoms with van der Waals surface area (Å²) in [5.41, 5.74) is 10.3. The smallest absolute Gasteiger partial charge is 0.0307 e. The van der Waals surface area contributed by atoms with Gasteiger partial charge in [-0.1, -0.05) is 29.3 Å². The molecule has 1 saturated carbocycles. The summed E-state index contributed by atoms with van der Waals surface area (Å²) in [6, 6.07) is 7.79. The van der Waals surface area contributed by atoms with Gasteiger partial charge in [-0.3, -0.25) is 4.90 Å². The molecule has 0 radical (unpaired) electrons. The Labute approximate surface area is 129 Å². The first-order valence-corrected chi connectivity index (χ1v) is 8.42. The highest BCUT2D eigenvalue weighted by molar-refractivity contribution is 5.30. The average Bonchev–Trinajstić information content (AvgIpc) is 3.29. The largest absolute Gasteiger partial charge is 0.324 e. The zero-order chi connectivity index (χ0) is 14.8. The molecular formula is C18H29N3. The second-order valence-electron chi connectivity index (χ2n) is 6.92. The van der Waals surface area contributed by atoms with Crippen LogP contribution < -0.4 is 5.73 Å². The standard InChI is InChI=1S/C18H29N3/c1-14-11-15(2)13-16(12-14)18(19)5-6-20-7-9-21(10-8-20)17-3-4-17/h11-13,17-18H,3-10,19H2,1-2H3. The number of nitrogens with two attached hydrogens (primary N) is 1. The summed E-state index contributed by atoms with van der Waals surface area (Å²) < 4.78 is 0. The second kappa shape index (κ2) is 6.47. The maximum Gasteiger partial charge on any atom is 0.0307 e. The molecular weight excluding hydrogens is 258 g/mol. The van der Waals surface area contributed by atoms with Gasteiger partial charge in [0.15, 0.2) is 0 Å². The van der Waals surface area contributed by atoms with Gasteiger partial charge in [0.2, 0.25) is 0 Å². The van der Waals surface area contributed by atoms with Gasteiger partial charge in [-0.15, -0.1) is 0 Å². The Morgan fingerprint density at radius 3 is 2.24 bits per heavy atom.